The molecule has 1 aliphatic rings. The maximum Gasteiger partial charge on any atom is 0.255 e. The van der Waals surface area contributed by atoms with Gasteiger partial charge in [0.25, 0.3) is 5.91 Å². The lowest BCUT2D eigenvalue weighted by atomic mass is 10.1. The molecule has 0 unspecified atom stereocenters. The minimum atomic E-state index is -0.0434. The van der Waals surface area contributed by atoms with Crippen molar-refractivity contribution in [1.29, 1.82) is 0 Å². The highest BCUT2D eigenvalue weighted by Crippen LogP contribution is 2.33. The first-order valence-electron chi connectivity index (χ1n) is 8.37. The number of amides is 1. The van der Waals surface area contributed by atoms with Crippen molar-refractivity contribution in [3.05, 3.63) is 59.4 Å². The number of pyridine rings is 2. The van der Waals surface area contributed by atoms with Crippen LogP contribution in [-0.4, -0.2) is 32.3 Å². The fourth-order valence-electron chi connectivity index (χ4n) is 3.12. The van der Waals surface area contributed by atoms with Crippen LogP contribution in [0.2, 0.25) is 0 Å². The number of carbonyl (C=O) groups excluding carboxylic acids is 1. The molecule has 3 aromatic rings. The van der Waals surface area contributed by atoms with Crippen LogP contribution in [0.3, 0.4) is 0 Å². The highest BCUT2D eigenvalue weighted by atomic mass is 32.1. The molecule has 7 nitrogen and oxygen atoms in total. The number of aromatic nitrogens is 3. The van der Waals surface area contributed by atoms with Gasteiger partial charge in [-0.15, -0.1) is 11.3 Å². The van der Waals surface area contributed by atoms with Crippen molar-refractivity contribution >= 4 is 34.0 Å². The molecule has 8 heteroatoms. The zero-order chi connectivity index (χ0) is 17.9. The molecule has 4 rings (SSSR count). The van der Waals surface area contributed by atoms with Gasteiger partial charge >= 0.3 is 0 Å². The topological polar surface area (TPSA) is 97.0 Å². The SMILES string of the molecule is Nc1ccc(C(=O)N2CCC[C@H]2c2cccc(Nc3nccs3)n2)cn1. The summed E-state index contributed by atoms with van der Waals surface area (Å²) >= 11 is 1.52. The van der Waals surface area contributed by atoms with E-state index in [2.05, 4.69) is 15.3 Å². The zero-order valence-corrected chi connectivity index (χ0v) is 14.8. The molecule has 0 saturated carbocycles. The molecule has 3 aromatic heterocycles. The van der Waals surface area contributed by atoms with E-state index in [4.69, 9.17) is 10.7 Å². The highest BCUT2D eigenvalue weighted by Gasteiger charge is 2.31. The smallest absolute Gasteiger partial charge is 0.255 e. The maximum atomic E-state index is 12.9. The van der Waals surface area contributed by atoms with E-state index in [-0.39, 0.29) is 11.9 Å². The third kappa shape index (κ3) is 3.36. The maximum absolute atomic E-state index is 12.9. The van der Waals surface area contributed by atoms with Gasteiger partial charge in [-0.1, -0.05) is 6.07 Å². The number of nitrogens with zero attached hydrogens (tertiary/aromatic N) is 4. The molecule has 0 aliphatic carbocycles. The molecular weight excluding hydrogens is 348 g/mol. The molecule has 1 amide bonds. The van der Waals surface area contributed by atoms with Crippen LogP contribution >= 0.6 is 11.3 Å². The van der Waals surface area contributed by atoms with Crippen LogP contribution in [0.25, 0.3) is 0 Å². The molecule has 132 valence electrons. The average Bonchev–Trinajstić information content (AvgIpc) is 3.34. The van der Waals surface area contributed by atoms with Crippen LogP contribution in [-0.2, 0) is 0 Å². The summed E-state index contributed by atoms with van der Waals surface area (Å²) < 4.78 is 0. The Bertz CT molecular complexity index is 896. The van der Waals surface area contributed by atoms with Gasteiger partial charge in [-0.2, -0.15) is 0 Å². The number of hydrogen-bond acceptors (Lipinski definition) is 7. The summed E-state index contributed by atoms with van der Waals surface area (Å²) in [7, 11) is 0. The zero-order valence-electron chi connectivity index (χ0n) is 14.0. The molecule has 1 aliphatic heterocycles. The summed E-state index contributed by atoms with van der Waals surface area (Å²) in [6.45, 7) is 0.708. The minimum absolute atomic E-state index is 0.0416. The second-order valence-electron chi connectivity index (χ2n) is 6.04. The van der Waals surface area contributed by atoms with E-state index in [1.807, 2.05) is 28.5 Å². The molecule has 26 heavy (non-hydrogen) atoms. The summed E-state index contributed by atoms with van der Waals surface area (Å²) in [6, 6.07) is 9.13. The largest absolute Gasteiger partial charge is 0.384 e. The van der Waals surface area contributed by atoms with Gasteiger partial charge in [0, 0.05) is 24.3 Å². The number of carbonyl (C=O) groups is 1. The quantitative estimate of drug-likeness (QED) is 0.736. The van der Waals surface area contributed by atoms with Gasteiger partial charge in [0.15, 0.2) is 5.13 Å². The highest BCUT2D eigenvalue weighted by molar-refractivity contribution is 7.13. The van der Waals surface area contributed by atoms with Crippen LogP contribution in [0.4, 0.5) is 16.8 Å². The fraction of sp³-hybridized carbons (Fsp3) is 0.222. The van der Waals surface area contributed by atoms with Crippen molar-refractivity contribution in [2.45, 2.75) is 18.9 Å². The second-order valence-corrected chi connectivity index (χ2v) is 6.93. The van der Waals surface area contributed by atoms with E-state index < -0.39 is 0 Å². The molecular formula is C18H18N6OS. The predicted molar refractivity (Wildman–Crippen MR) is 101 cm³/mol. The Hall–Kier alpha value is -3.00. The van der Waals surface area contributed by atoms with Crippen LogP contribution in [0.15, 0.2) is 48.1 Å². The Morgan fingerprint density at radius 2 is 2.19 bits per heavy atom. The Kier molecular flexibility index (Phi) is 4.49. The van der Waals surface area contributed by atoms with Gasteiger partial charge in [0.05, 0.1) is 17.3 Å². The normalized spacial score (nSPS) is 16.6. The fourth-order valence-corrected chi connectivity index (χ4v) is 3.65. The summed E-state index contributed by atoms with van der Waals surface area (Å²) in [4.78, 5) is 27.7. The molecule has 0 bridgehead atoms. The molecule has 3 N–H and O–H groups in total. The van der Waals surface area contributed by atoms with Gasteiger partial charge < -0.3 is 16.0 Å². The number of nitrogens with two attached hydrogens (primary N) is 1. The van der Waals surface area contributed by atoms with Gasteiger partial charge in [0.1, 0.15) is 11.6 Å². The molecule has 0 aromatic carbocycles. The van der Waals surface area contributed by atoms with E-state index in [1.54, 1.807) is 18.3 Å². The number of anilines is 3. The lowest BCUT2D eigenvalue weighted by molar-refractivity contribution is 0.0732. The Balaban J connectivity index is 1.56. The van der Waals surface area contributed by atoms with Crippen LogP contribution in [0, 0.1) is 0 Å². The van der Waals surface area contributed by atoms with Crippen LogP contribution < -0.4 is 11.1 Å². The molecule has 0 spiro atoms. The van der Waals surface area contributed by atoms with E-state index in [1.165, 1.54) is 17.5 Å². The van der Waals surface area contributed by atoms with E-state index in [0.717, 1.165) is 29.5 Å². The summed E-state index contributed by atoms with van der Waals surface area (Å²) in [5, 5.41) is 5.90. The number of rotatable bonds is 4. The first kappa shape index (κ1) is 16.5. The average molecular weight is 366 g/mol. The Labute approximate surface area is 154 Å². The van der Waals surface area contributed by atoms with Crippen molar-refractivity contribution in [3.8, 4) is 0 Å². The van der Waals surface area contributed by atoms with Crippen LogP contribution in [0.5, 0.6) is 0 Å². The van der Waals surface area contributed by atoms with Gasteiger partial charge in [-0.3, -0.25) is 4.79 Å². The minimum Gasteiger partial charge on any atom is -0.384 e. The Morgan fingerprint density at radius 1 is 1.27 bits per heavy atom. The lowest BCUT2D eigenvalue weighted by Gasteiger charge is -2.24. The third-order valence-corrected chi connectivity index (χ3v) is 5.01. The van der Waals surface area contributed by atoms with Crippen LogP contribution in [0.1, 0.15) is 34.9 Å². The first-order valence-corrected chi connectivity index (χ1v) is 9.24. The Morgan fingerprint density at radius 3 is 2.96 bits per heavy atom. The van der Waals surface area contributed by atoms with E-state index in [9.17, 15) is 4.79 Å². The van der Waals surface area contributed by atoms with Crippen molar-refractivity contribution < 1.29 is 4.79 Å². The van der Waals surface area contributed by atoms with Gasteiger partial charge in [-0.25, -0.2) is 15.0 Å². The number of nitrogens with one attached hydrogen (secondary N) is 1. The summed E-state index contributed by atoms with van der Waals surface area (Å²) in [5.74, 6) is 1.09. The lowest BCUT2D eigenvalue weighted by Crippen LogP contribution is -2.31. The third-order valence-electron chi connectivity index (χ3n) is 4.33. The number of likely N-dealkylation sites (tertiary alicyclic amines) is 1. The van der Waals surface area contributed by atoms with E-state index in [0.29, 0.717) is 17.9 Å². The number of thiazole rings is 1. The van der Waals surface area contributed by atoms with E-state index >= 15 is 0 Å². The molecule has 4 heterocycles. The second kappa shape index (κ2) is 7.09. The first-order chi connectivity index (χ1) is 12.7. The predicted octanol–water partition coefficient (Wildman–Crippen LogP) is 3.24. The van der Waals surface area contributed by atoms with Gasteiger partial charge in [-0.05, 0) is 37.1 Å². The molecule has 0 radical (unpaired) electrons. The van der Waals surface area contributed by atoms with Crippen molar-refractivity contribution in [3.63, 3.8) is 0 Å². The van der Waals surface area contributed by atoms with Gasteiger partial charge in [0.2, 0.25) is 0 Å². The standard InChI is InChI=1S/C18H18N6OS/c19-15-7-6-12(11-21-15)17(25)24-9-2-4-14(24)13-3-1-5-16(22-13)23-18-20-8-10-26-18/h1,3,5-8,10-11,14H,2,4,9H2,(H2,19,21)(H,20,22,23)/t14-/m0/s1. The molecule has 1 atom stereocenters. The number of nitrogen functional groups attached to an aromatic ring is 1. The summed E-state index contributed by atoms with van der Waals surface area (Å²) in [5.41, 5.74) is 7.03. The monoisotopic (exact) mass is 366 g/mol. The molecule has 1 fully saturated rings. The van der Waals surface area contributed by atoms with Crippen molar-refractivity contribution in [1.82, 2.24) is 19.9 Å². The number of hydrogen-bond donors (Lipinski definition) is 2. The molecule has 1 saturated heterocycles. The summed E-state index contributed by atoms with van der Waals surface area (Å²) in [6.07, 6.45) is 5.11. The van der Waals surface area contributed by atoms with Crippen molar-refractivity contribution in [2.24, 2.45) is 0 Å². The van der Waals surface area contributed by atoms with Crippen molar-refractivity contribution in [2.75, 3.05) is 17.6 Å².